The molecule has 3 heteroatoms. The fourth-order valence-electron chi connectivity index (χ4n) is 1.11. The van der Waals surface area contributed by atoms with Crippen LogP contribution in [-0.2, 0) is 4.74 Å². The Morgan fingerprint density at radius 3 is 3.08 bits per heavy atom. The highest BCUT2D eigenvalue weighted by Gasteiger charge is 1.94. The molecular weight excluding hydrogens is 164 g/mol. The second-order valence-corrected chi connectivity index (χ2v) is 2.96. The Balaban J connectivity index is 2.32. The van der Waals surface area contributed by atoms with Crippen LogP contribution in [-0.4, -0.2) is 25.2 Å². The molecule has 0 saturated heterocycles. The highest BCUT2D eigenvalue weighted by Crippen LogP contribution is 2.10. The van der Waals surface area contributed by atoms with Gasteiger partial charge in [0.15, 0.2) is 0 Å². The summed E-state index contributed by atoms with van der Waals surface area (Å²) in [4.78, 5) is 4.02. The zero-order valence-electron chi connectivity index (χ0n) is 8.21. The molecule has 0 aliphatic rings. The summed E-state index contributed by atoms with van der Waals surface area (Å²) in [5.74, 6) is 0. The van der Waals surface area contributed by atoms with Crippen LogP contribution in [0.4, 0.5) is 5.69 Å². The van der Waals surface area contributed by atoms with Crippen molar-refractivity contribution in [3.8, 4) is 0 Å². The summed E-state index contributed by atoms with van der Waals surface area (Å²) in [6.45, 7) is 3.79. The fourth-order valence-corrected chi connectivity index (χ4v) is 1.11. The Kier molecular flexibility index (Phi) is 4.26. The predicted octanol–water partition coefficient (Wildman–Crippen LogP) is 1.84. The van der Waals surface area contributed by atoms with Crippen LogP contribution in [0.1, 0.15) is 12.0 Å². The molecule has 72 valence electrons. The second kappa shape index (κ2) is 5.54. The van der Waals surface area contributed by atoms with Crippen molar-refractivity contribution in [3.63, 3.8) is 0 Å². The van der Waals surface area contributed by atoms with E-state index in [2.05, 4.69) is 10.3 Å². The summed E-state index contributed by atoms with van der Waals surface area (Å²) in [6.07, 6.45) is 4.68. The van der Waals surface area contributed by atoms with Gasteiger partial charge >= 0.3 is 0 Å². The zero-order chi connectivity index (χ0) is 9.52. The number of rotatable bonds is 5. The van der Waals surface area contributed by atoms with E-state index in [1.807, 2.05) is 19.2 Å². The van der Waals surface area contributed by atoms with Gasteiger partial charge < -0.3 is 10.1 Å². The van der Waals surface area contributed by atoms with E-state index in [9.17, 15) is 0 Å². The summed E-state index contributed by atoms with van der Waals surface area (Å²) in [7, 11) is 1.72. The van der Waals surface area contributed by atoms with Crippen LogP contribution in [0, 0.1) is 6.92 Å². The van der Waals surface area contributed by atoms with Gasteiger partial charge in [-0.15, -0.1) is 0 Å². The molecule has 1 aromatic rings. The maximum absolute atomic E-state index is 4.96. The van der Waals surface area contributed by atoms with Crippen molar-refractivity contribution in [1.82, 2.24) is 4.98 Å². The number of hydrogen-bond acceptors (Lipinski definition) is 3. The zero-order valence-corrected chi connectivity index (χ0v) is 8.21. The third kappa shape index (κ3) is 3.42. The summed E-state index contributed by atoms with van der Waals surface area (Å²) >= 11 is 0. The Labute approximate surface area is 79.1 Å². The molecule has 0 fully saturated rings. The number of nitrogens with zero attached hydrogens (tertiary/aromatic N) is 1. The molecule has 1 heterocycles. The van der Waals surface area contributed by atoms with E-state index in [0.29, 0.717) is 0 Å². The molecule has 1 aromatic heterocycles. The second-order valence-electron chi connectivity index (χ2n) is 2.96. The molecule has 0 saturated carbocycles. The van der Waals surface area contributed by atoms with E-state index in [1.165, 1.54) is 5.56 Å². The number of methoxy groups -OCH3 is 1. The Hall–Kier alpha value is -1.09. The lowest BCUT2D eigenvalue weighted by atomic mass is 10.2. The average molecular weight is 180 g/mol. The lowest BCUT2D eigenvalue weighted by molar-refractivity contribution is 0.198. The van der Waals surface area contributed by atoms with E-state index >= 15 is 0 Å². The van der Waals surface area contributed by atoms with Crippen LogP contribution in [0.5, 0.6) is 0 Å². The van der Waals surface area contributed by atoms with Crippen LogP contribution in [0.15, 0.2) is 18.5 Å². The van der Waals surface area contributed by atoms with Crippen molar-refractivity contribution in [2.75, 3.05) is 25.6 Å². The molecule has 0 aliphatic heterocycles. The Morgan fingerprint density at radius 1 is 1.54 bits per heavy atom. The van der Waals surface area contributed by atoms with Crippen molar-refractivity contribution in [2.45, 2.75) is 13.3 Å². The van der Waals surface area contributed by atoms with Crippen LogP contribution < -0.4 is 5.32 Å². The molecule has 0 radical (unpaired) electrons. The summed E-state index contributed by atoms with van der Waals surface area (Å²) < 4.78 is 4.96. The normalized spacial score (nSPS) is 10.0. The number of ether oxygens (including phenoxy) is 1. The molecule has 0 aromatic carbocycles. The predicted molar refractivity (Wildman–Crippen MR) is 54.0 cm³/mol. The van der Waals surface area contributed by atoms with E-state index in [1.54, 1.807) is 13.3 Å². The minimum Gasteiger partial charge on any atom is -0.385 e. The van der Waals surface area contributed by atoms with E-state index in [4.69, 9.17) is 4.74 Å². The van der Waals surface area contributed by atoms with Gasteiger partial charge in [0.05, 0.1) is 0 Å². The summed E-state index contributed by atoms with van der Waals surface area (Å²) in [5.41, 5.74) is 2.34. The van der Waals surface area contributed by atoms with Gasteiger partial charge in [-0.3, -0.25) is 4.98 Å². The van der Waals surface area contributed by atoms with E-state index < -0.39 is 0 Å². The molecule has 0 spiro atoms. The number of hydrogen-bond donors (Lipinski definition) is 1. The van der Waals surface area contributed by atoms with Crippen LogP contribution >= 0.6 is 0 Å². The third-order valence-corrected chi connectivity index (χ3v) is 1.86. The van der Waals surface area contributed by atoms with Crippen molar-refractivity contribution in [2.24, 2.45) is 0 Å². The Bertz CT molecular complexity index is 250. The molecule has 0 amide bonds. The van der Waals surface area contributed by atoms with Gasteiger partial charge in [-0.25, -0.2) is 0 Å². The topological polar surface area (TPSA) is 34.1 Å². The molecule has 0 aliphatic carbocycles. The summed E-state index contributed by atoms with van der Waals surface area (Å²) in [6, 6.07) is 1.99. The van der Waals surface area contributed by atoms with Gasteiger partial charge in [0, 0.05) is 38.3 Å². The maximum atomic E-state index is 4.96. The first-order valence-electron chi connectivity index (χ1n) is 4.48. The van der Waals surface area contributed by atoms with Crippen LogP contribution in [0.2, 0.25) is 0 Å². The number of nitrogens with one attached hydrogen (secondary N) is 1. The smallest absolute Gasteiger partial charge is 0.0479 e. The summed E-state index contributed by atoms with van der Waals surface area (Å²) in [5, 5.41) is 3.33. The van der Waals surface area contributed by atoms with E-state index in [-0.39, 0.29) is 0 Å². The fraction of sp³-hybridized carbons (Fsp3) is 0.500. The van der Waals surface area contributed by atoms with Crippen molar-refractivity contribution >= 4 is 5.69 Å². The first-order chi connectivity index (χ1) is 6.34. The third-order valence-electron chi connectivity index (χ3n) is 1.86. The van der Waals surface area contributed by atoms with Gasteiger partial charge in [-0.2, -0.15) is 0 Å². The van der Waals surface area contributed by atoms with E-state index in [0.717, 1.165) is 25.3 Å². The molecule has 1 rings (SSSR count). The highest BCUT2D eigenvalue weighted by molar-refractivity contribution is 5.48. The van der Waals surface area contributed by atoms with Gasteiger partial charge in [0.25, 0.3) is 0 Å². The molecular formula is C10H16N2O. The largest absolute Gasteiger partial charge is 0.385 e. The molecule has 3 nitrogen and oxygen atoms in total. The number of pyridine rings is 1. The first kappa shape index (κ1) is 9.99. The van der Waals surface area contributed by atoms with Gasteiger partial charge in [0.1, 0.15) is 0 Å². The van der Waals surface area contributed by atoms with Crippen LogP contribution in [0.3, 0.4) is 0 Å². The average Bonchev–Trinajstić information content (AvgIpc) is 2.15. The molecule has 13 heavy (non-hydrogen) atoms. The quantitative estimate of drug-likeness (QED) is 0.702. The lowest BCUT2D eigenvalue weighted by Gasteiger charge is -2.07. The standard InChI is InChI=1S/C10H16N2O/c1-9-8-11-6-4-10(9)12-5-3-7-13-2/h4,6,8H,3,5,7H2,1-2H3,(H,11,12). The van der Waals surface area contributed by atoms with Gasteiger partial charge in [-0.05, 0) is 25.0 Å². The minimum absolute atomic E-state index is 0.803. The first-order valence-corrected chi connectivity index (χ1v) is 4.48. The number of aryl methyl sites for hydroxylation is 1. The molecule has 1 N–H and O–H groups in total. The van der Waals surface area contributed by atoms with Crippen LogP contribution in [0.25, 0.3) is 0 Å². The maximum Gasteiger partial charge on any atom is 0.0479 e. The highest BCUT2D eigenvalue weighted by atomic mass is 16.5. The van der Waals surface area contributed by atoms with Gasteiger partial charge in [-0.1, -0.05) is 0 Å². The molecule has 0 atom stereocenters. The lowest BCUT2D eigenvalue weighted by Crippen LogP contribution is -2.05. The van der Waals surface area contributed by atoms with Crippen molar-refractivity contribution < 1.29 is 4.74 Å². The van der Waals surface area contributed by atoms with Crippen molar-refractivity contribution in [3.05, 3.63) is 24.0 Å². The number of aromatic nitrogens is 1. The number of anilines is 1. The minimum atomic E-state index is 0.803. The Morgan fingerprint density at radius 2 is 2.38 bits per heavy atom. The van der Waals surface area contributed by atoms with Gasteiger partial charge in [0.2, 0.25) is 0 Å². The monoisotopic (exact) mass is 180 g/mol. The molecule has 0 unspecified atom stereocenters. The van der Waals surface area contributed by atoms with Crippen molar-refractivity contribution in [1.29, 1.82) is 0 Å². The molecule has 0 bridgehead atoms. The SMILES string of the molecule is COCCCNc1ccncc1C.